The van der Waals surface area contributed by atoms with E-state index >= 15 is 0 Å². The fraction of sp³-hybridized carbons (Fsp3) is 0.588. The Balaban J connectivity index is 1.63. The molecule has 1 N–H and O–H groups in total. The summed E-state index contributed by atoms with van der Waals surface area (Å²) in [6, 6.07) is 9.59. The molecular formula is C17H24N2OS. The van der Waals surface area contributed by atoms with E-state index in [9.17, 15) is 4.79 Å². The minimum atomic E-state index is 0.107. The van der Waals surface area contributed by atoms with Crippen LogP contribution >= 0.6 is 11.8 Å². The number of hydrogen-bond acceptors (Lipinski definition) is 3. The maximum absolute atomic E-state index is 12.1. The third kappa shape index (κ3) is 3.27. The highest BCUT2D eigenvalue weighted by Gasteiger charge is 2.30. The third-order valence-electron chi connectivity index (χ3n) is 4.39. The van der Waals surface area contributed by atoms with Crippen LogP contribution in [0.15, 0.2) is 29.2 Å². The smallest absolute Gasteiger partial charge is 0.225 e. The molecule has 2 atom stereocenters. The molecule has 2 heterocycles. The topological polar surface area (TPSA) is 32.3 Å². The van der Waals surface area contributed by atoms with Crippen molar-refractivity contribution in [2.75, 3.05) is 18.8 Å². The predicted octanol–water partition coefficient (Wildman–Crippen LogP) is 3.07. The molecule has 0 spiro atoms. The number of nitrogens with one attached hydrogen (secondary N) is 1. The number of carbonyl (C=O) groups excluding carboxylic acids is 1. The fourth-order valence-corrected chi connectivity index (χ4v) is 4.39. The van der Waals surface area contributed by atoms with Gasteiger partial charge in [0.05, 0.1) is 0 Å². The molecule has 0 aromatic heterocycles. The quantitative estimate of drug-likeness (QED) is 0.931. The summed E-state index contributed by atoms with van der Waals surface area (Å²) in [5.41, 5.74) is 1.43. The lowest BCUT2D eigenvalue weighted by Gasteiger charge is -2.29. The van der Waals surface area contributed by atoms with E-state index in [4.69, 9.17) is 0 Å². The van der Waals surface area contributed by atoms with Crippen LogP contribution in [0.4, 0.5) is 0 Å². The molecular weight excluding hydrogens is 280 g/mol. The van der Waals surface area contributed by atoms with Gasteiger partial charge in [-0.15, -0.1) is 11.8 Å². The van der Waals surface area contributed by atoms with Gasteiger partial charge in [-0.1, -0.05) is 32.0 Å². The van der Waals surface area contributed by atoms with Crippen molar-refractivity contribution in [1.82, 2.24) is 10.2 Å². The highest BCUT2D eigenvalue weighted by molar-refractivity contribution is 7.99. The minimum Gasteiger partial charge on any atom is -0.341 e. The van der Waals surface area contributed by atoms with Gasteiger partial charge in [0.2, 0.25) is 5.91 Å². The Morgan fingerprint density at radius 3 is 2.95 bits per heavy atom. The molecule has 0 aliphatic carbocycles. The van der Waals surface area contributed by atoms with Crippen molar-refractivity contribution in [3.8, 4) is 0 Å². The van der Waals surface area contributed by atoms with Gasteiger partial charge in [-0.05, 0) is 30.2 Å². The first-order valence-corrected chi connectivity index (χ1v) is 8.90. The number of carbonyl (C=O) groups is 1. The number of amides is 1. The van der Waals surface area contributed by atoms with Crippen LogP contribution in [-0.2, 0) is 4.79 Å². The van der Waals surface area contributed by atoms with Crippen molar-refractivity contribution in [2.45, 2.75) is 43.7 Å². The molecule has 3 nitrogen and oxygen atoms in total. The zero-order valence-electron chi connectivity index (χ0n) is 12.8. The number of hydrogen-bond donors (Lipinski definition) is 1. The molecule has 0 bridgehead atoms. The lowest BCUT2D eigenvalue weighted by Crippen LogP contribution is -2.39. The van der Waals surface area contributed by atoms with Crippen molar-refractivity contribution < 1.29 is 4.79 Å². The van der Waals surface area contributed by atoms with Gasteiger partial charge in [-0.2, -0.15) is 0 Å². The molecule has 1 saturated heterocycles. The van der Waals surface area contributed by atoms with Gasteiger partial charge in [0, 0.05) is 36.0 Å². The van der Waals surface area contributed by atoms with E-state index in [2.05, 4.69) is 29.6 Å². The first kappa shape index (κ1) is 14.9. The van der Waals surface area contributed by atoms with E-state index in [0.717, 1.165) is 19.5 Å². The number of likely N-dealkylation sites (tertiary alicyclic amines) is 1. The number of rotatable bonds is 3. The highest BCUT2D eigenvalue weighted by Crippen LogP contribution is 2.36. The van der Waals surface area contributed by atoms with E-state index < -0.39 is 0 Å². The van der Waals surface area contributed by atoms with Crippen LogP contribution in [-0.4, -0.2) is 35.7 Å². The summed E-state index contributed by atoms with van der Waals surface area (Å²) in [5, 5.41) is 3.79. The summed E-state index contributed by atoms with van der Waals surface area (Å²) < 4.78 is 0. The summed E-state index contributed by atoms with van der Waals surface area (Å²) in [7, 11) is 0. The molecule has 21 heavy (non-hydrogen) atoms. The monoisotopic (exact) mass is 304 g/mol. The van der Waals surface area contributed by atoms with Gasteiger partial charge < -0.3 is 10.2 Å². The molecule has 0 saturated carbocycles. The Hall–Kier alpha value is -1.00. The van der Waals surface area contributed by atoms with Crippen LogP contribution in [0.5, 0.6) is 0 Å². The van der Waals surface area contributed by atoms with Crippen LogP contribution in [0.2, 0.25) is 0 Å². The molecule has 1 amide bonds. The SMILES string of the molecule is CC(C)C(=O)N1CC[C@H](N[C@@H]2CCSc3ccccc32)C1. The highest BCUT2D eigenvalue weighted by atomic mass is 32.2. The summed E-state index contributed by atoms with van der Waals surface area (Å²) in [6.45, 7) is 5.73. The fourth-order valence-electron chi connectivity index (χ4n) is 3.26. The predicted molar refractivity (Wildman–Crippen MR) is 87.5 cm³/mol. The molecule has 1 fully saturated rings. The number of thioether (sulfide) groups is 1. The van der Waals surface area contributed by atoms with Gasteiger partial charge in [0.25, 0.3) is 0 Å². The van der Waals surface area contributed by atoms with Crippen LogP contribution in [0.3, 0.4) is 0 Å². The van der Waals surface area contributed by atoms with E-state index in [0.29, 0.717) is 18.0 Å². The van der Waals surface area contributed by atoms with E-state index in [1.54, 1.807) is 0 Å². The third-order valence-corrected chi connectivity index (χ3v) is 5.51. The number of nitrogens with zero attached hydrogens (tertiary/aromatic N) is 1. The Kier molecular flexibility index (Phi) is 4.55. The van der Waals surface area contributed by atoms with Gasteiger partial charge in [-0.25, -0.2) is 0 Å². The van der Waals surface area contributed by atoms with E-state index in [1.807, 2.05) is 30.5 Å². The zero-order chi connectivity index (χ0) is 14.8. The van der Waals surface area contributed by atoms with Crippen molar-refractivity contribution in [1.29, 1.82) is 0 Å². The molecule has 0 radical (unpaired) electrons. The Labute approximate surface area is 131 Å². The van der Waals surface area contributed by atoms with E-state index in [1.165, 1.54) is 22.6 Å². The molecule has 114 valence electrons. The Morgan fingerprint density at radius 1 is 1.33 bits per heavy atom. The van der Waals surface area contributed by atoms with Crippen LogP contribution in [0.25, 0.3) is 0 Å². The van der Waals surface area contributed by atoms with Crippen LogP contribution in [0, 0.1) is 5.92 Å². The number of benzene rings is 1. The Bertz CT molecular complexity index is 517. The average Bonchev–Trinajstić information content (AvgIpc) is 2.95. The largest absolute Gasteiger partial charge is 0.341 e. The summed E-state index contributed by atoms with van der Waals surface area (Å²) in [6.07, 6.45) is 2.25. The van der Waals surface area contributed by atoms with Crippen molar-refractivity contribution >= 4 is 17.7 Å². The lowest BCUT2D eigenvalue weighted by atomic mass is 10.0. The molecule has 1 aromatic rings. The van der Waals surface area contributed by atoms with Crippen LogP contribution < -0.4 is 5.32 Å². The van der Waals surface area contributed by atoms with Crippen molar-refractivity contribution in [3.63, 3.8) is 0 Å². The summed E-state index contributed by atoms with van der Waals surface area (Å²) in [4.78, 5) is 15.5. The first-order valence-electron chi connectivity index (χ1n) is 7.91. The van der Waals surface area contributed by atoms with Crippen molar-refractivity contribution in [2.24, 2.45) is 5.92 Å². The van der Waals surface area contributed by atoms with Gasteiger partial charge in [0.1, 0.15) is 0 Å². The first-order chi connectivity index (χ1) is 10.1. The van der Waals surface area contributed by atoms with Gasteiger partial charge in [-0.3, -0.25) is 4.79 Å². The van der Waals surface area contributed by atoms with Crippen molar-refractivity contribution in [3.05, 3.63) is 29.8 Å². The number of fused-ring (bicyclic) bond motifs is 1. The van der Waals surface area contributed by atoms with E-state index in [-0.39, 0.29) is 5.92 Å². The molecule has 4 heteroatoms. The molecule has 2 aliphatic rings. The Morgan fingerprint density at radius 2 is 2.14 bits per heavy atom. The minimum absolute atomic E-state index is 0.107. The van der Waals surface area contributed by atoms with Crippen LogP contribution in [0.1, 0.15) is 38.3 Å². The molecule has 1 aromatic carbocycles. The normalized spacial score (nSPS) is 25.2. The molecule has 0 unspecified atom stereocenters. The second-order valence-electron chi connectivity index (χ2n) is 6.32. The zero-order valence-corrected chi connectivity index (χ0v) is 13.7. The standard InChI is InChI=1S/C17H24N2OS/c1-12(2)17(20)19-9-7-13(11-19)18-15-8-10-21-16-6-4-3-5-14(15)16/h3-6,12-13,15,18H,7-11H2,1-2H3/t13-,15+/m0/s1. The van der Waals surface area contributed by atoms with Gasteiger partial charge >= 0.3 is 0 Å². The maximum Gasteiger partial charge on any atom is 0.225 e. The summed E-state index contributed by atoms with van der Waals surface area (Å²) >= 11 is 1.96. The average molecular weight is 304 g/mol. The lowest BCUT2D eigenvalue weighted by molar-refractivity contribution is -0.133. The summed E-state index contributed by atoms with van der Waals surface area (Å²) in [5.74, 6) is 1.57. The second-order valence-corrected chi connectivity index (χ2v) is 7.46. The van der Waals surface area contributed by atoms with Gasteiger partial charge in [0.15, 0.2) is 0 Å². The molecule has 3 rings (SSSR count). The second kappa shape index (κ2) is 6.41. The maximum atomic E-state index is 12.1. The molecule has 2 aliphatic heterocycles.